The fourth-order valence-electron chi connectivity index (χ4n) is 1.86. The number of aryl methyl sites for hydroxylation is 1. The molecule has 0 atom stereocenters. The van der Waals surface area contributed by atoms with Gasteiger partial charge in [0.25, 0.3) is 0 Å². The van der Waals surface area contributed by atoms with Gasteiger partial charge in [-0.15, -0.1) is 21.5 Å². The quantitative estimate of drug-likeness (QED) is 0.673. The third kappa shape index (κ3) is 2.00. The van der Waals surface area contributed by atoms with E-state index in [1.54, 1.807) is 29.7 Å². The standard InChI is InChI=1S/C13H11N3O2S/c1-8-3-4-10(19-8)12-15-14-11-7-9(13(17)18-2)5-6-16(11)12/h3-7H,1-2H3. The Kier molecular flexibility index (Phi) is 2.79. The predicted octanol–water partition coefficient (Wildman–Crippen LogP) is 2.55. The lowest BCUT2D eigenvalue weighted by molar-refractivity contribution is 0.0600. The highest BCUT2D eigenvalue weighted by Crippen LogP contribution is 2.26. The summed E-state index contributed by atoms with van der Waals surface area (Å²) in [6.45, 7) is 2.05. The third-order valence-corrected chi connectivity index (χ3v) is 3.79. The van der Waals surface area contributed by atoms with Crippen molar-refractivity contribution in [2.24, 2.45) is 0 Å². The van der Waals surface area contributed by atoms with Gasteiger partial charge in [-0.25, -0.2) is 4.79 Å². The van der Waals surface area contributed by atoms with Gasteiger partial charge in [-0.05, 0) is 31.2 Å². The molecule has 0 bridgehead atoms. The van der Waals surface area contributed by atoms with Crippen LogP contribution in [0.2, 0.25) is 0 Å². The number of rotatable bonds is 2. The number of aromatic nitrogens is 3. The lowest BCUT2D eigenvalue weighted by Gasteiger charge is -2.00. The van der Waals surface area contributed by atoms with E-state index in [4.69, 9.17) is 0 Å². The van der Waals surface area contributed by atoms with Gasteiger partial charge in [-0.3, -0.25) is 4.40 Å². The molecule has 3 aromatic heterocycles. The first-order valence-corrected chi connectivity index (χ1v) is 6.50. The van der Waals surface area contributed by atoms with E-state index in [1.165, 1.54) is 12.0 Å². The van der Waals surface area contributed by atoms with Gasteiger partial charge in [0.2, 0.25) is 0 Å². The van der Waals surface area contributed by atoms with Crippen LogP contribution in [0.3, 0.4) is 0 Å². The SMILES string of the molecule is COC(=O)c1ccn2c(-c3ccc(C)s3)nnc2c1. The van der Waals surface area contributed by atoms with Crippen LogP contribution in [0.25, 0.3) is 16.3 Å². The van der Waals surface area contributed by atoms with Crippen molar-refractivity contribution in [1.29, 1.82) is 0 Å². The first-order chi connectivity index (χ1) is 9.19. The second-order valence-electron chi connectivity index (χ2n) is 4.07. The molecule has 0 N–H and O–H groups in total. The van der Waals surface area contributed by atoms with Gasteiger partial charge in [0.05, 0.1) is 17.6 Å². The van der Waals surface area contributed by atoms with Crippen molar-refractivity contribution in [2.45, 2.75) is 6.92 Å². The van der Waals surface area contributed by atoms with E-state index in [-0.39, 0.29) is 5.97 Å². The summed E-state index contributed by atoms with van der Waals surface area (Å²) < 4.78 is 6.54. The molecule has 0 aliphatic carbocycles. The molecule has 0 aliphatic rings. The van der Waals surface area contributed by atoms with E-state index < -0.39 is 0 Å². The topological polar surface area (TPSA) is 56.5 Å². The molecule has 96 valence electrons. The number of carbonyl (C=O) groups is 1. The van der Waals surface area contributed by atoms with E-state index in [0.29, 0.717) is 11.2 Å². The molecular weight excluding hydrogens is 262 g/mol. The van der Waals surface area contributed by atoms with Gasteiger partial charge in [-0.1, -0.05) is 0 Å². The van der Waals surface area contributed by atoms with Crippen molar-refractivity contribution in [2.75, 3.05) is 7.11 Å². The fraction of sp³-hybridized carbons (Fsp3) is 0.154. The van der Waals surface area contributed by atoms with Crippen molar-refractivity contribution in [1.82, 2.24) is 14.6 Å². The van der Waals surface area contributed by atoms with Gasteiger partial charge < -0.3 is 4.74 Å². The van der Waals surface area contributed by atoms with Crippen LogP contribution in [-0.2, 0) is 4.74 Å². The number of ether oxygens (including phenoxy) is 1. The summed E-state index contributed by atoms with van der Waals surface area (Å²) in [6.07, 6.45) is 1.78. The number of hydrogen-bond donors (Lipinski definition) is 0. The Balaban J connectivity index is 2.12. The van der Waals surface area contributed by atoms with Crippen LogP contribution in [0.5, 0.6) is 0 Å². The van der Waals surface area contributed by atoms with Crippen LogP contribution in [0, 0.1) is 6.92 Å². The lowest BCUT2D eigenvalue weighted by atomic mass is 10.2. The minimum absolute atomic E-state index is 0.376. The van der Waals surface area contributed by atoms with E-state index in [2.05, 4.69) is 14.9 Å². The largest absolute Gasteiger partial charge is 0.465 e. The van der Waals surface area contributed by atoms with Gasteiger partial charge >= 0.3 is 5.97 Å². The first kappa shape index (κ1) is 11.9. The average Bonchev–Trinajstić information content (AvgIpc) is 3.02. The second-order valence-corrected chi connectivity index (χ2v) is 5.36. The Morgan fingerprint density at radius 2 is 2.16 bits per heavy atom. The highest BCUT2D eigenvalue weighted by atomic mass is 32.1. The van der Waals surface area contributed by atoms with E-state index in [9.17, 15) is 4.79 Å². The van der Waals surface area contributed by atoms with E-state index >= 15 is 0 Å². The second kappa shape index (κ2) is 4.47. The fourth-order valence-corrected chi connectivity index (χ4v) is 2.71. The van der Waals surface area contributed by atoms with Crippen LogP contribution in [0.15, 0.2) is 30.5 Å². The number of esters is 1. The van der Waals surface area contributed by atoms with Crippen LogP contribution < -0.4 is 0 Å². The molecule has 0 radical (unpaired) electrons. The molecule has 0 amide bonds. The average molecular weight is 273 g/mol. The first-order valence-electron chi connectivity index (χ1n) is 5.69. The summed E-state index contributed by atoms with van der Waals surface area (Å²) in [5.41, 5.74) is 1.10. The molecule has 6 heteroatoms. The van der Waals surface area contributed by atoms with Crippen LogP contribution in [0.1, 0.15) is 15.2 Å². The Bertz CT molecular complexity index is 760. The van der Waals surface area contributed by atoms with Crippen LogP contribution in [-0.4, -0.2) is 27.7 Å². The molecule has 3 rings (SSSR count). The van der Waals surface area contributed by atoms with Gasteiger partial charge in [0.15, 0.2) is 11.5 Å². The summed E-state index contributed by atoms with van der Waals surface area (Å²) in [6, 6.07) is 7.43. The van der Waals surface area contributed by atoms with Crippen molar-refractivity contribution in [3.05, 3.63) is 40.9 Å². The van der Waals surface area contributed by atoms with Crippen molar-refractivity contribution in [3.8, 4) is 10.7 Å². The van der Waals surface area contributed by atoms with Gasteiger partial charge in [0.1, 0.15) is 0 Å². The number of hydrogen-bond acceptors (Lipinski definition) is 5. The Hall–Kier alpha value is -2.21. The molecule has 0 fully saturated rings. The summed E-state index contributed by atoms with van der Waals surface area (Å²) in [5, 5.41) is 8.27. The van der Waals surface area contributed by atoms with E-state index in [1.807, 2.05) is 23.5 Å². The Labute approximate surface area is 113 Å². The number of fused-ring (bicyclic) bond motifs is 1. The Morgan fingerprint density at radius 1 is 1.32 bits per heavy atom. The van der Waals surface area contributed by atoms with Crippen molar-refractivity contribution < 1.29 is 9.53 Å². The molecule has 0 spiro atoms. The zero-order valence-electron chi connectivity index (χ0n) is 10.5. The van der Waals surface area contributed by atoms with Crippen LogP contribution >= 0.6 is 11.3 Å². The normalized spacial score (nSPS) is 10.8. The minimum atomic E-state index is -0.376. The Morgan fingerprint density at radius 3 is 2.84 bits per heavy atom. The molecule has 19 heavy (non-hydrogen) atoms. The lowest BCUT2D eigenvalue weighted by Crippen LogP contribution is -2.02. The van der Waals surface area contributed by atoms with Crippen molar-refractivity contribution in [3.63, 3.8) is 0 Å². The number of thiophene rings is 1. The predicted molar refractivity (Wildman–Crippen MR) is 72.4 cm³/mol. The zero-order chi connectivity index (χ0) is 13.4. The molecule has 0 aliphatic heterocycles. The molecule has 3 aromatic rings. The smallest absolute Gasteiger partial charge is 0.338 e. The molecule has 0 aromatic carbocycles. The molecule has 0 saturated heterocycles. The molecule has 0 unspecified atom stereocenters. The third-order valence-electron chi connectivity index (χ3n) is 2.79. The zero-order valence-corrected chi connectivity index (χ0v) is 11.3. The molecule has 3 heterocycles. The van der Waals surface area contributed by atoms with Crippen LogP contribution in [0.4, 0.5) is 0 Å². The summed E-state index contributed by atoms with van der Waals surface area (Å²) in [7, 11) is 1.36. The summed E-state index contributed by atoms with van der Waals surface area (Å²) in [4.78, 5) is 13.7. The number of nitrogens with zero attached hydrogens (tertiary/aromatic N) is 3. The van der Waals surface area contributed by atoms with Gasteiger partial charge in [0, 0.05) is 11.1 Å². The minimum Gasteiger partial charge on any atom is -0.465 e. The number of pyridine rings is 1. The molecule has 0 saturated carbocycles. The highest BCUT2D eigenvalue weighted by Gasteiger charge is 2.12. The van der Waals surface area contributed by atoms with Gasteiger partial charge in [-0.2, -0.15) is 0 Å². The maximum atomic E-state index is 11.5. The number of carbonyl (C=O) groups excluding carboxylic acids is 1. The highest BCUT2D eigenvalue weighted by molar-refractivity contribution is 7.15. The van der Waals surface area contributed by atoms with Crippen molar-refractivity contribution >= 4 is 23.0 Å². The summed E-state index contributed by atoms with van der Waals surface area (Å²) >= 11 is 1.66. The molecule has 5 nitrogen and oxygen atoms in total. The van der Waals surface area contributed by atoms with E-state index in [0.717, 1.165) is 10.7 Å². The maximum Gasteiger partial charge on any atom is 0.338 e. The molecular formula is C13H11N3O2S. The summed E-state index contributed by atoms with van der Waals surface area (Å²) in [5.74, 6) is 0.406. The maximum absolute atomic E-state index is 11.5. The number of methoxy groups -OCH3 is 1. The monoisotopic (exact) mass is 273 g/mol.